The molecule has 0 unspecified atom stereocenters. The molecule has 24 heavy (non-hydrogen) atoms. The fourth-order valence-corrected chi connectivity index (χ4v) is 3.63. The summed E-state index contributed by atoms with van der Waals surface area (Å²) in [5.41, 5.74) is -2.21. The van der Waals surface area contributed by atoms with Crippen LogP contribution in [0.25, 0.3) is 0 Å². The lowest BCUT2D eigenvalue weighted by Gasteiger charge is -2.18. The average molecular weight is 476 g/mol. The van der Waals surface area contributed by atoms with Gasteiger partial charge in [0.25, 0.3) is 11.8 Å². The zero-order valence-electron chi connectivity index (χ0n) is 11.5. The average Bonchev–Trinajstić information content (AvgIpc) is 2.69. The first-order valence-electron chi connectivity index (χ1n) is 6.28. The number of amides is 2. The molecule has 0 aromatic heterocycles. The zero-order chi connectivity index (χ0) is 18.2. The van der Waals surface area contributed by atoms with Crippen molar-refractivity contribution in [3.63, 3.8) is 0 Å². The number of carbonyl (C=O) groups excluding carboxylic acids is 2. The van der Waals surface area contributed by atoms with Crippen LogP contribution in [0.1, 0.15) is 5.56 Å². The van der Waals surface area contributed by atoms with Crippen molar-refractivity contribution in [1.82, 2.24) is 4.90 Å². The van der Waals surface area contributed by atoms with Crippen LogP contribution in [0.2, 0.25) is 0 Å². The predicted molar refractivity (Wildman–Crippen MR) is 82.3 cm³/mol. The number of benzene rings is 1. The Kier molecular flexibility index (Phi) is 5.35. The summed E-state index contributed by atoms with van der Waals surface area (Å²) in [6.07, 6.45) is -3.96. The van der Waals surface area contributed by atoms with Crippen molar-refractivity contribution < 1.29 is 32.3 Å². The largest absolute Gasteiger partial charge is 0.418 e. The van der Waals surface area contributed by atoms with E-state index in [1.807, 2.05) is 0 Å². The van der Waals surface area contributed by atoms with Crippen molar-refractivity contribution in [1.29, 1.82) is 0 Å². The fraction of sp³-hybridized carbons (Fsp3) is 0.231. The fourth-order valence-electron chi connectivity index (χ4n) is 2.01. The Morgan fingerprint density at radius 2 is 1.88 bits per heavy atom. The minimum atomic E-state index is -4.78. The molecule has 1 aromatic carbocycles. The van der Waals surface area contributed by atoms with E-state index in [9.17, 15) is 27.2 Å². The number of rotatable bonds is 4. The van der Waals surface area contributed by atoms with E-state index in [1.54, 1.807) is 0 Å². The number of hydrogen-bond acceptors (Lipinski definition) is 4. The zero-order valence-corrected chi connectivity index (χ0v) is 14.7. The molecule has 1 heterocycles. The molecule has 11 heteroatoms. The SMILES string of the molecule is O=C1C=C(Nc2c(F)cc(Br)c(C(F)(F)F)c2Br)C(=O)N1CCO. The number of aliphatic hydroxyl groups excluding tert-OH is 1. The summed E-state index contributed by atoms with van der Waals surface area (Å²) in [6, 6.07) is 0.600. The van der Waals surface area contributed by atoms with E-state index in [1.165, 1.54) is 0 Å². The molecule has 1 aromatic rings. The Morgan fingerprint density at radius 3 is 2.42 bits per heavy atom. The molecule has 2 rings (SSSR count). The molecule has 0 bridgehead atoms. The Balaban J connectivity index is 2.43. The van der Waals surface area contributed by atoms with Crippen molar-refractivity contribution in [2.75, 3.05) is 18.5 Å². The standard InChI is InChI=1S/C13H8Br2F4N2O3/c14-5-3-6(16)11(10(15)9(5)13(17,18)19)20-7-4-8(23)21(1-2-22)12(7)24/h3-4,20,22H,1-2H2. The number of imide groups is 1. The summed E-state index contributed by atoms with van der Waals surface area (Å²) in [5, 5.41) is 11.0. The number of nitrogens with zero attached hydrogens (tertiary/aromatic N) is 1. The van der Waals surface area contributed by atoms with E-state index in [0.717, 1.165) is 6.08 Å². The van der Waals surface area contributed by atoms with Gasteiger partial charge in [-0.15, -0.1) is 0 Å². The van der Waals surface area contributed by atoms with Gasteiger partial charge < -0.3 is 10.4 Å². The third-order valence-electron chi connectivity index (χ3n) is 3.05. The molecule has 2 amide bonds. The second-order valence-corrected chi connectivity index (χ2v) is 6.25. The monoisotopic (exact) mass is 474 g/mol. The van der Waals surface area contributed by atoms with E-state index >= 15 is 0 Å². The van der Waals surface area contributed by atoms with E-state index in [0.29, 0.717) is 11.0 Å². The topological polar surface area (TPSA) is 69.6 Å². The Hall–Kier alpha value is -1.46. The Labute approximate surface area is 149 Å². The molecule has 1 aliphatic heterocycles. The van der Waals surface area contributed by atoms with Gasteiger partial charge in [-0.2, -0.15) is 13.2 Å². The van der Waals surface area contributed by atoms with Gasteiger partial charge in [0.2, 0.25) is 0 Å². The van der Waals surface area contributed by atoms with E-state index in [2.05, 4.69) is 37.2 Å². The van der Waals surface area contributed by atoms with Gasteiger partial charge in [0.1, 0.15) is 11.5 Å². The molecule has 5 nitrogen and oxygen atoms in total. The first kappa shape index (κ1) is 18.9. The van der Waals surface area contributed by atoms with Crippen LogP contribution in [-0.4, -0.2) is 35.0 Å². The van der Waals surface area contributed by atoms with Gasteiger partial charge in [-0.25, -0.2) is 4.39 Å². The summed E-state index contributed by atoms with van der Waals surface area (Å²) in [4.78, 5) is 24.3. The summed E-state index contributed by atoms with van der Waals surface area (Å²) in [5.74, 6) is -2.71. The highest BCUT2D eigenvalue weighted by molar-refractivity contribution is 9.11. The van der Waals surface area contributed by atoms with Crippen molar-refractivity contribution in [3.05, 3.63) is 38.2 Å². The molecule has 0 saturated carbocycles. The molecule has 0 aliphatic carbocycles. The maximum atomic E-state index is 14.0. The van der Waals surface area contributed by atoms with E-state index < -0.39 is 56.3 Å². The summed E-state index contributed by atoms with van der Waals surface area (Å²) in [7, 11) is 0. The molecule has 2 N–H and O–H groups in total. The number of alkyl halides is 3. The lowest BCUT2D eigenvalue weighted by atomic mass is 10.1. The highest BCUT2D eigenvalue weighted by Crippen LogP contribution is 2.44. The number of nitrogens with one attached hydrogen (secondary N) is 1. The molecular formula is C13H8Br2F4N2O3. The van der Waals surface area contributed by atoms with Gasteiger partial charge in [-0.1, -0.05) is 15.9 Å². The van der Waals surface area contributed by atoms with Crippen molar-refractivity contribution in [3.8, 4) is 0 Å². The van der Waals surface area contributed by atoms with Gasteiger partial charge in [-0.3, -0.25) is 14.5 Å². The molecule has 0 saturated heterocycles. The van der Waals surface area contributed by atoms with E-state index in [-0.39, 0.29) is 6.54 Å². The molecule has 0 fully saturated rings. The van der Waals surface area contributed by atoms with Crippen LogP contribution >= 0.6 is 31.9 Å². The Morgan fingerprint density at radius 1 is 1.25 bits per heavy atom. The summed E-state index contributed by atoms with van der Waals surface area (Å²) in [6.45, 7) is -0.760. The van der Waals surface area contributed by atoms with Crippen LogP contribution < -0.4 is 5.32 Å². The predicted octanol–water partition coefficient (Wildman–Crippen LogP) is 3.03. The highest BCUT2D eigenvalue weighted by Gasteiger charge is 2.38. The second kappa shape index (κ2) is 6.81. The van der Waals surface area contributed by atoms with Crippen LogP contribution in [0.3, 0.4) is 0 Å². The molecule has 0 radical (unpaired) electrons. The highest BCUT2D eigenvalue weighted by atomic mass is 79.9. The van der Waals surface area contributed by atoms with Crippen molar-refractivity contribution in [2.24, 2.45) is 0 Å². The van der Waals surface area contributed by atoms with Crippen LogP contribution in [0.5, 0.6) is 0 Å². The lowest BCUT2D eigenvalue weighted by Crippen LogP contribution is -2.34. The first-order valence-corrected chi connectivity index (χ1v) is 7.86. The van der Waals surface area contributed by atoms with Gasteiger partial charge in [0.15, 0.2) is 0 Å². The summed E-state index contributed by atoms with van der Waals surface area (Å²) >= 11 is 5.32. The number of halogens is 6. The smallest absolute Gasteiger partial charge is 0.395 e. The maximum absolute atomic E-state index is 14.0. The normalized spacial score (nSPS) is 15.1. The number of carbonyl (C=O) groups is 2. The van der Waals surface area contributed by atoms with E-state index in [4.69, 9.17) is 5.11 Å². The molecule has 1 aliphatic rings. The molecular weight excluding hydrogens is 468 g/mol. The molecule has 0 spiro atoms. The quantitative estimate of drug-likeness (QED) is 0.519. The van der Waals surface area contributed by atoms with Crippen molar-refractivity contribution in [2.45, 2.75) is 6.18 Å². The van der Waals surface area contributed by atoms with Gasteiger partial charge >= 0.3 is 6.18 Å². The van der Waals surface area contributed by atoms with Gasteiger partial charge in [-0.05, 0) is 22.0 Å². The number of β-amino-alcohol motifs (C(OH)–C–C–N with tert-alkyl or cyclic N) is 1. The number of hydrogen-bond donors (Lipinski definition) is 2. The maximum Gasteiger partial charge on any atom is 0.418 e. The second-order valence-electron chi connectivity index (χ2n) is 4.60. The lowest BCUT2D eigenvalue weighted by molar-refractivity contribution is -0.139. The van der Waals surface area contributed by atoms with Crippen LogP contribution in [0.4, 0.5) is 23.2 Å². The molecule has 130 valence electrons. The van der Waals surface area contributed by atoms with Crippen molar-refractivity contribution >= 4 is 49.4 Å². The van der Waals surface area contributed by atoms with Crippen LogP contribution in [0, 0.1) is 5.82 Å². The van der Waals surface area contributed by atoms with Gasteiger partial charge in [0.05, 0.1) is 28.9 Å². The minimum Gasteiger partial charge on any atom is -0.395 e. The summed E-state index contributed by atoms with van der Waals surface area (Å²) < 4.78 is 52.0. The van der Waals surface area contributed by atoms with Crippen LogP contribution in [-0.2, 0) is 15.8 Å². The van der Waals surface area contributed by atoms with Crippen LogP contribution in [0.15, 0.2) is 26.8 Å². The Bertz CT molecular complexity index is 750. The third kappa shape index (κ3) is 3.47. The molecule has 0 atom stereocenters. The number of aliphatic hydroxyl groups is 1. The third-order valence-corrected chi connectivity index (χ3v) is 4.46. The number of anilines is 1. The van der Waals surface area contributed by atoms with Gasteiger partial charge in [0, 0.05) is 10.5 Å². The first-order chi connectivity index (χ1) is 11.1. The minimum absolute atomic E-state index is 0.281.